The van der Waals surface area contributed by atoms with E-state index in [9.17, 15) is 4.79 Å². The van der Waals surface area contributed by atoms with Crippen LogP contribution in [0.15, 0.2) is 17.6 Å². The molecular formula is C11H19NO. The molecule has 0 N–H and O–H groups in total. The van der Waals surface area contributed by atoms with E-state index in [1.54, 1.807) is 6.08 Å². The number of nitrogens with zero attached hydrogens (tertiary/aromatic N) is 1. The van der Waals surface area contributed by atoms with Crippen LogP contribution < -0.4 is 0 Å². The van der Waals surface area contributed by atoms with Crippen LogP contribution in [0, 0.1) is 0 Å². The van der Waals surface area contributed by atoms with Crippen molar-refractivity contribution in [3.05, 3.63) is 12.7 Å². The third kappa shape index (κ3) is 7.44. The molecule has 0 bridgehead atoms. The molecule has 0 radical (unpaired) electrons. The summed E-state index contributed by atoms with van der Waals surface area (Å²) in [6, 6.07) is 0. The van der Waals surface area contributed by atoms with Crippen LogP contribution in [0.25, 0.3) is 0 Å². The summed E-state index contributed by atoms with van der Waals surface area (Å²) in [5, 5.41) is 0. The number of carbonyl (C=O) groups excluding carboxylic acids is 1. The van der Waals surface area contributed by atoms with Gasteiger partial charge in [-0.05, 0) is 6.42 Å². The maximum absolute atomic E-state index is 10.4. The lowest BCUT2D eigenvalue weighted by molar-refractivity contribution is -0.102. The average molecular weight is 181 g/mol. The Balaban J connectivity index is 3.54. The first-order valence-corrected chi connectivity index (χ1v) is 4.94. The summed E-state index contributed by atoms with van der Waals surface area (Å²) in [5.74, 6) is 0. The van der Waals surface area contributed by atoms with Crippen molar-refractivity contribution >= 4 is 12.0 Å². The highest BCUT2D eigenvalue weighted by Gasteiger charge is 1.92. The molecule has 0 aliphatic carbocycles. The quantitative estimate of drug-likeness (QED) is 0.245. The summed E-state index contributed by atoms with van der Waals surface area (Å²) in [5.41, 5.74) is 0.617. The molecule has 0 spiro atoms. The molecule has 0 aliphatic rings. The third-order valence-electron chi connectivity index (χ3n) is 1.82. The molecule has 13 heavy (non-hydrogen) atoms. The van der Waals surface area contributed by atoms with Gasteiger partial charge in [0.15, 0.2) is 6.29 Å². The van der Waals surface area contributed by atoms with Crippen molar-refractivity contribution in [3.8, 4) is 0 Å². The number of aldehydes is 1. The van der Waals surface area contributed by atoms with Gasteiger partial charge in [0.25, 0.3) is 0 Å². The van der Waals surface area contributed by atoms with Gasteiger partial charge in [-0.25, -0.2) is 0 Å². The van der Waals surface area contributed by atoms with Crippen molar-refractivity contribution in [1.82, 2.24) is 0 Å². The highest BCUT2D eigenvalue weighted by Crippen LogP contribution is 1.99. The highest BCUT2D eigenvalue weighted by molar-refractivity contribution is 6.28. The minimum Gasteiger partial charge on any atom is -0.297 e. The van der Waals surface area contributed by atoms with Crippen LogP contribution in [-0.4, -0.2) is 18.5 Å². The normalized spacial score (nSPS) is 11.3. The second kappa shape index (κ2) is 9.17. The topological polar surface area (TPSA) is 29.4 Å². The maximum atomic E-state index is 10.4. The second-order valence-electron chi connectivity index (χ2n) is 3.04. The van der Waals surface area contributed by atoms with Crippen molar-refractivity contribution in [2.75, 3.05) is 6.54 Å². The van der Waals surface area contributed by atoms with E-state index in [1.807, 2.05) is 0 Å². The van der Waals surface area contributed by atoms with E-state index in [0.29, 0.717) is 12.1 Å². The predicted octanol–water partition coefficient (Wildman–Crippen LogP) is 2.78. The zero-order valence-corrected chi connectivity index (χ0v) is 8.46. The van der Waals surface area contributed by atoms with Crippen LogP contribution in [0.2, 0.25) is 0 Å². The molecule has 0 heterocycles. The molecule has 2 heteroatoms. The Hall–Kier alpha value is -0.920. The van der Waals surface area contributed by atoms with E-state index in [2.05, 4.69) is 18.5 Å². The molecular weight excluding hydrogens is 162 g/mol. The number of carbonyl (C=O) groups is 1. The fourth-order valence-corrected chi connectivity index (χ4v) is 1.06. The standard InChI is InChI=1S/C11H19NO/c1-3-5-6-7-9-12-11(10-13)8-4-2/h4,10H,2-3,5-9H2,1H3. The number of allylic oxidation sites excluding steroid dienone is 1. The van der Waals surface area contributed by atoms with E-state index in [4.69, 9.17) is 0 Å². The molecule has 0 saturated carbocycles. The molecule has 74 valence electrons. The van der Waals surface area contributed by atoms with Crippen LogP contribution in [0.5, 0.6) is 0 Å². The van der Waals surface area contributed by atoms with Crippen LogP contribution in [-0.2, 0) is 4.79 Å². The highest BCUT2D eigenvalue weighted by atomic mass is 16.1. The van der Waals surface area contributed by atoms with Crippen LogP contribution in [0.4, 0.5) is 0 Å². The van der Waals surface area contributed by atoms with Gasteiger partial charge in [-0.2, -0.15) is 0 Å². The fraction of sp³-hybridized carbons (Fsp3) is 0.636. The number of aliphatic imine (C=N–C) groups is 1. The summed E-state index contributed by atoms with van der Waals surface area (Å²) < 4.78 is 0. The number of rotatable bonds is 8. The second-order valence-corrected chi connectivity index (χ2v) is 3.04. The van der Waals surface area contributed by atoms with E-state index in [0.717, 1.165) is 19.3 Å². The molecule has 0 saturated heterocycles. The largest absolute Gasteiger partial charge is 0.297 e. The Kier molecular flexibility index (Phi) is 8.52. The number of hydrogen-bond acceptors (Lipinski definition) is 2. The zero-order valence-electron chi connectivity index (χ0n) is 8.46. The van der Waals surface area contributed by atoms with Crippen molar-refractivity contribution in [2.24, 2.45) is 4.99 Å². The minimum absolute atomic E-state index is 0.595. The summed E-state index contributed by atoms with van der Waals surface area (Å²) in [4.78, 5) is 14.6. The summed E-state index contributed by atoms with van der Waals surface area (Å²) in [6.07, 6.45) is 7.91. The molecule has 0 atom stereocenters. The summed E-state index contributed by atoms with van der Waals surface area (Å²) in [6.45, 7) is 6.52. The Morgan fingerprint density at radius 1 is 1.38 bits per heavy atom. The summed E-state index contributed by atoms with van der Waals surface area (Å²) in [7, 11) is 0. The van der Waals surface area contributed by atoms with Crippen molar-refractivity contribution in [1.29, 1.82) is 0 Å². The first-order chi connectivity index (χ1) is 6.35. The molecule has 0 aromatic heterocycles. The van der Waals surface area contributed by atoms with E-state index >= 15 is 0 Å². The molecule has 0 fully saturated rings. The minimum atomic E-state index is 0.595. The smallest absolute Gasteiger partial charge is 0.164 e. The van der Waals surface area contributed by atoms with Gasteiger partial charge >= 0.3 is 0 Å². The van der Waals surface area contributed by atoms with E-state index in [1.165, 1.54) is 19.3 Å². The van der Waals surface area contributed by atoms with Crippen molar-refractivity contribution in [3.63, 3.8) is 0 Å². The predicted molar refractivity (Wildman–Crippen MR) is 57.3 cm³/mol. The van der Waals surface area contributed by atoms with Gasteiger partial charge < -0.3 is 0 Å². The molecule has 0 aromatic carbocycles. The maximum Gasteiger partial charge on any atom is 0.164 e. The lowest BCUT2D eigenvalue weighted by Gasteiger charge is -1.96. The fourth-order valence-electron chi connectivity index (χ4n) is 1.06. The van der Waals surface area contributed by atoms with Gasteiger partial charge in [0, 0.05) is 13.0 Å². The molecule has 0 aliphatic heterocycles. The Bertz CT molecular complexity index is 173. The SMILES string of the molecule is C=CCC(C=O)=NCCCCCC. The zero-order chi connectivity index (χ0) is 9.94. The molecule has 0 unspecified atom stereocenters. The lowest BCUT2D eigenvalue weighted by atomic mass is 10.2. The van der Waals surface area contributed by atoms with Gasteiger partial charge in [0.2, 0.25) is 0 Å². The van der Waals surface area contributed by atoms with Gasteiger partial charge in [0.05, 0.1) is 5.71 Å². The summed E-state index contributed by atoms with van der Waals surface area (Å²) >= 11 is 0. The average Bonchev–Trinajstić information content (AvgIpc) is 2.16. The van der Waals surface area contributed by atoms with Crippen molar-refractivity contribution < 1.29 is 4.79 Å². The molecule has 0 aromatic rings. The van der Waals surface area contributed by atoms with Gasteiger partial charge in [-0.1, -0.05) is 32.3 Å². The lowest BCUT2D eigenvalue weighted by Crippen LogP contribution is -1.99. The number of unbranched alkanes of at least 4 members (excludes halogenated alkanes) is 3. The van der Waals surface area contributed by atoms with Crippen molar-refractivity contribution in [2.45, 2.75) is 39.0 Å². The molecule has 2 nitrogen and oxygen atoms in total. The van der Waals surface area contributed by atoms with E-state index in [-0.39, 0.29) is 0 Å². The monoisotopic (exact) mass is 181 g/mol. The van der Waals surface area contributed by atoms with Gasteiger partial charge in [-0.15, -0.1) is 6.58 Å². The third-order valence-corrected chi connectivity index (χ3v) is 1.82. The van der Waals surface area contributed by atoms with Crippen LogP contribution in [0.1, 0.15) is 39.0 Å². The van der Waals surface area contributed by atoms with Gasteiger partial charge in [-0.3, -0.25) is 9.79 Å². The van der Waals surface area contributed by atoms with Crippen LogP contribution >= 0.6 is 0 Å². The number of hydrogen-bond donors (Lipinski definition) is 0. The van der Waals surface area contributed by atoms with E-state index < -0.39 is 0 Å². The van der Waals surface area contributed by atoms with Crippen LogP contribution in [0.3, 0.4) is 0 Å². The van der Waals surface area contributed by atoms with Gasteiger partial charge in [0.1, 0.15) is 0 Å². The Labute approximate surface area is 80.8 Å². The molecule has 0 amide bonds. The Morgan fingerprint density at radius 2 is 2.15 bits per heavy atom. The Morgan fingerprint density at radius 3 is 2.69 bits per heavy atom. The molecule has 0 rings (SSSR count). The first-order valence-electron chi connectivity index (χ1n) is 4.94. The first kappa shape index (κ1) is 12.1.